The zero-order valence-electron chi connectivity index (χ0n) is 12.2. The summed E-state index contributed by atoms with van der Waals surface area (Å²) >= 11 is 0. The monoisotopic (exact) mass is 296 g/mol. The molecule has 7 heteroatoms. The lowest BCUT2D eigenvalue weighted by Crippen LogP contribution is -2.54. The quantitative estimate of drug-likeness (QED) is 0.759. The number of halogens is 3. The number of hydrogen-bond donors (Lipinski definition) is 1. The molecule has 1 fully saturated rings. The molecule has 1 aliphatic carbocycles. The van der Waals surface area contributed by atoms with E-state index in [1.54, 1.807) is 7.05 Å². The van der Waals surface area contributed by atoms with Crippen LogP contribution in [0, 0.1) is 5.92 Å². The molecule has 1 saturated carbocycles. The summed E-state index contributed by atoms with van der Waals surface area (Å²) < 4.78 is 41.7. The molecule has 0 amide bonds. The number of hydrogen-bond acceptors (Lipinski definition) is 4. The van der Waals surface area contributed by atoms with Crippen LogP contribution >= 0.6 is 0 Å². The predicted molar refractivity (Wildman–Crippen MR) is 69.3 cm³/mol. The molecule has 2 unspecified atom stereocenters. The molecule has 1 rings (SSSR count). The van der Waals surface area contributed by atoms with Crippen LogP contribution < -0.4 is 5.32 Å². The maximum atomic E-state index is 12.3. The molecule has 4 nitrogen and oxygen atoms in total. The number of carbonyl (C=O) groups excluding carboxylic acids is 1. The van der Waals surface area contributed by atoms with E-state index in [1.807, 2.05) is 0 Å². The molecule has 0 aromatic heterocycles. The first-order valence-corrected chi connectivity index (χ1v) is 6.78. The Morgan fingerprint density at radius 2 is 2.15 bits per heavy atom. The molecule has 0 spiro atoms. The molecule has 118 valence electrons. The van der Waals surface area contributed by atoms with E-state index >= 15 is 0 Å². The fourth-order valence-corrected chi connectivity index (χ4v) is 3.11. The molecule has 0 bridgehead atoms. The third-order valence-electron chi connectivity index (χ3n) is 4.12. The van der Waals surface area contributed by atoms with Gasteiger partial charge in [0.25, 0.3) is 0 Å². The van der Waals surface area contributed by atoms with Gasteiger partial charge in [0.1, 0.15) is 5.54 Å². The minimum Gasteiger partial charge on any atom is -0.468 e. The third-order valence-corrected chi connectivity index (χ3v) is 4.12. The summed E-state index contributed by atoms with van der Waals surface area (Å²) in [6.45, 7) is -0.616. The van der Waals surface area contributed by atoms with Gasteiger partial charge in [0.05, 0.1) is 13.7 Å². The van der Waals surface area contributed by atoms with Gasteiger partial charge in [-0.3, -0.25) is 9.69 Å². The second-order valence-corrected chi connectivity index (χ2v) is 5.44. The van der Waals surface area contributed by atoms with E-state index in [2.05, 4.69) is 5.32 Å². The van der Waals surface area contributed by atoms with Crippen molar-refractivity contribution in [2.24, 2.45) is 5.92 Å². The smallest absolute Gasteiger partial charge is 0.401 e. The maximum Gasteiger partial charge on any atom is 0.401 e. The average Bonchev–Trinajstić information content (AvgIpc) is 2.77. The number of alkyl halides is 3. The minimum atomic E-state index is -4.19. The lowest BCUT2D eigenvalue weighted by atomic mass is 9.84. The van der Waals surface area contributed by atoms with Gasteiger partial charge in [-0.1, -0.05) is 6.42 Å². The van der Waals surface area contributed by atoms with Crippen LogP contribution in [0.2, 0.25) is 0 Å². The van der Waals surface area contributed by atoms with Crippen molar-refractivity contribution in [2.75, 3.05) is 34.3 Å². The molecule has 2 atom stereocenters. The van der Waals surface area contributed by atoms with E-state index in [4.69, 9.17) is 4.74 Å². The van der Waals surface area contributed by atoms with Crippen molar-refractivity contribution >= 4 is 5.97 Å². The van der Waals surface area contributed by atoms with Crippen LogP contribution in [-0.2, 0) is 9.53 Å². The molecule has 0 saturated heterocycles. The van der Waals surface area contributed by atoms with Crippen LogP contribution in [0.1, 0.15) is 25.7 Å². The van der Waals surface area contributed by atoms with Crippen LogP contribution in [-0.4, -0.2) is 56.9 Å². The van der Waals surface area contributed by atoms with Crippen molar-refractivity contribution in [1.29, 1.82) is 0 Å². The van der Waals surface area contributed by atoms with Crippen LogP contribution in [0.15, 0.2) is 0 Å². The summed E-state index contributed by atoms with van der Waals surface area (Å²) in [4.78, 5) is 13.2. The molecule has 0 aliphatic heterocycles. The van der Waals surface area contributed by atoms with Crippen molar-refractivity contribution in [2.45, 2.75) is 37.4 Å². The maximum absolute atomic E-state index is 12.3. The summed E-state index contributed by atoms with van der Waals surface area (Å²) in [7, 11) is 4.49. The Hall–Kier alpha value is -0.820. The lowest BCUT2D eigenvalue weighted by molar-refractivity contribution is -0.151. The number of methoxy groups -OCH3 is 1. The molecule has 1 aliphatic rings. The van der Waals surface area contributed by atoms with Gasteiger partial charge in [-0.15, -0.1) is 0 Å². The Morgan fingerprint density at radius 1 is 1.50 bits per heavy atom. The van der Waals surface area contributed by atoms with Gasteiger partial charge in [0.15, 0.2) is 0 Å². The number of likely N-dealkylation sites (N-methyl/N-ethyl adjacent to an activating group) is 1. The number of rotatable bonds is 6. The topological polar surface area (TPSA) is 41.6 Å². The first-order valence-electron chi connectivity index (χ1n) is 6.78. The molecule has 1 N–H and O–H groups in total. The van der Waals surface area contributed by atoms with Crippen molar-refractivity contribution in [3.8, 4) is 0 Å². The van der Waals surface area contributed by atoms with Gasteiger partial charge in [-0.25, -0.2) is 0 Å². The van der Waals surface area contributed by atoms with Gasteiger partial charge in [-0.05, 0) is 45.8 Å². The fraction of sp³-hybridized carbons (Fsp3) is 0.923. The molecule has 0 aromatic rings. The van der Waals surface area contributed by atoms with Crippen molar-refractivity contribution in [1.82, 2.24) is 10.2 Å². The largest absolute Gasteiger partial charge is 0.468 e. The van der Waals surface area contributed by atoms with Crippen LogP contribution in [0.4, 0.5) is 13.2 Å². The summed E-state index contributed by atoms with van der Waals surface area (Å²) in [5, 5.41) is 3.03. The van der Waals surface area contributed by atoms with E-state index in [9.17, 15) is 18.0 Å². The number of nitrogens with one attached hydrogen (secondary N) is 1. The minimum absolute atomic E-state index is 0.00985. The molecule has 0 heterocycles. The summed E-state index contributed by atoms with van der Waals surface area (Å²) in [6.07, 6.45) is -1.27. The van der Waals surface area contributed by atoms with Crippen molar-refractivity contribution in [3.05, 3.63) is 0 Å². The van der Waals surface area contributed by atoms with E-state index in [0.29, 0.717) is 19.4 Å². The summed E-state index contributed by atoms with van der Waals surface area (Å²) in [5.74, 6) is -0.309. The Balaban J connectivity index is 2.60. The Kier molecular flexibility index (Phi) is 5.82. The van der Waals surface area contributed by atoms with Crippen LogP contribution in [0.5, 0.6) is 0 Å². The number of carbonyl (C=O) groups is 1. The SMILES string of the molecule is CNC1(C(=O)OC)CCCC1CCN(C)CC(F)(F)F. The lowest BCUT2D eigenvalue weighted by Gasteiger charge is -2.33. The Labute approximate surface area is 117 Å². The highest BCUT2D eigenvalue weighted by Crippen LogP contribution is 2.38. The summed E-state index contributed by atoms with van der Waals surface area (Å²) in [5.41, 5.74) is -0.742. The van der Waals surface area contributed by atoms with Gasteiger partial charge < -0.3 is 10.1 Å². The first kappa shape index (κ1) is 17.2. The molecular formula is C13H23F3N2O2. The normalized spacial score (nSPS) is 27.1. The first-order chi connectivity index (χ1) is 9.25. The van der Waals surface area contributed by atoms with Gasteiger partial charge in [0, 0.05) is 0 Å². The molecule has 0 radical (unpaired) electrons. The molecule has 20 heavy (non-hydrogen) atoms. The zero-order chi connectivity index (χ0) is 15.4. The van der Waals surface area contributed by atoms with Crippen molar-refractivity contribution in [3.63, 3.8) is 0 Å². The van der Waals surface area contributed by atoms with E-state index in [1.165, 1.54) is 19.1 Å². The third kappa shape index (κ3) is 4.09. The van der Waals surface area contributed by atoms with Crippen molar-refractivity contribution < 1.29 is 22.7 Å². The van der Waals surface area contributed by atoms with Gasteiger partial charge in [0.2, 0.25) is 0 Å². The molecule has 0 aromatic carbocycles. The predicted octanol–water partition coefficient (Wildman–Crippen LogP) is 1.80. The Morgan fingerprint density at radius 3 is 2.65 bits per heavy atom. The van der Waals surface area contributed by atoms with E-state index < -0.39 is 18.3 Å². The highest BCUT2D eigenvalue weighted by atomic mass is 19.4. The number of esters is 1. The Bertz CT molecular complexity index is 336. The highest BCUT2D eigenvalue weighted by molar-refractivity contribution is 5.81. The fourth-order valence-electron chi connectivity index (χ4n) is 3.11. The molecular weight excluding hydrogens is 273 g/mol. The van der Waals surface area contributed by atoms with E-state index in [0.717, 1.165) is 12.8 Å². The number of nitrogens with zero attached hydrogens (tertiary/aromatic N) is 1. The van der Waals surface area contributed by atoms with Crippen LogP contribution in [0.25, 0.3) is 0 Å². The zero-order valence-corrected chi connectivity index (χ0v) is 12.2. The van der Waals surface area contributed by atoms with E-state index in [-0.39, 0.29) is 11.9 Å². The summed E-state index contributed by atoms with van der Waals surface area (Å²) in [6, 6.07) is 0. The van der Waals surface area contributed by atoms with Gasteiger partial charge >= 0.3 is 12.1 Å². The highest BCUT2D eigenvalue weighted by Gasteiger charge is 2.48. The van der Waals surface area contributed by atoms with Gasteiger partial charge in [-0.2, -0.15) is 13.2 Å². The standard InChI is InChI=1S/C13H23F3N2O2/c1-17-12(11(19)20-3)7-4-5-10(12)6-8-18(2)9-13(14,15)16/h10,17H,4-9H2,1-3H3. The second-order valence-electron chi connectivity index (χ2n) is 5.44. The second kappa shape index (κ2) is 6.76. The van der Waals surface area contributed by atoms with Crippen LogP contribution in [0.3, 0.4) is 0 Å². The average molecular weight is 296 g/mol. The number of ether oxygens (including phenoxy) is 1.